The van der Waals surface area contributed by atoms with Crippen LogP contribution >= 0.6 is 0 Å². The normalized spacial score (nSPS) is 10.3. The zero-order valence-electron chi connectivity index (χ0n) is 10.1. The number of rotatable bonds is 3. The molecule has 0 fully saturated rings. The molecule has 1 aromatic carbocycles. The molecule has 2 aromatic heterocycles. The molecular weight excluding hydrogens is 238 g/mol. The summed E-state index contributed by atoms with van der Waals surface area (Å²) in [6, 6.07) is 12.0. The molecule has 19 heavy (non-hydrogen) atoms. The summed E-state index contributed by atoms with van der Waals surface area (Å²) >= 11 is 0. The summed E-state index contributed by atoms with van der Waals surface area (Å²) in [6.07, 6.45) is 7.17. The summed E-state index contributed by atoms with van der Waals surface area (Å²) in [5.74, 6) is 0.410. The molecule has 0 saturated heterocycles. The fourth-order valence-corrected chi connectivity index (χ4v) is 1.91. The molecule has 0 bridgehead atoms. The highest BCUT2D eigenvalue weighted by Gasteiger charge is 2.05. The minimum absolute atomic E-state index is 0.410. The van der Waals surface area contributed by atoms with Crippen LogP contribution in [0.4, 0.5) is 0 Å². The van der Waals surface area contributed by atoms with Gasteiger partial charge in [0, 0.05) is 24.2 Å². The van der Waals surface area contributed by atoms with Crippen molar-refractivity contribution in [1.29, 1.82) is 5.26 Å². The molecule has 0 aliphatic heterocycles. The Morgan fingerprint density at radius 3 is 2.84 bits per heavy atom. The molecule has 0 atom stereocenters. The van der Waals surface area contributed by atoms with Gasteiger partial charge in [-0.2, -0.15) is 10.4 Å². The Balaban J connectivity index is 1.85. The van der Waals surface area contributed by atoms with Crippen LogP contribution in [0.2, 0.25) is 0 Å². The van der Waals surface area contributed by atoms with Gasteiger partial charge in [0.15, 0.2) is 0 Å². The van der Waals surface area contributed by atoms with Gasteiger partial charge >= 0.3 is 0 Å². The summed E-state index contributed by atoms with van der Waals surface area (Å²) in [5.41, 5.74) is 2.04. The summed E-state index contributed by atoms with van der Waals surface area (Å²) < 4.78 is 3.62. The highest BCUT2D eigenvalue weighted by Crippen LogP contribution is 2.09. The largest absolute Gasteiger partial charge is 0.318 e. The van der Waals surface area contributed by atoms with E-state index in [1.54, 1.807) is 23.2 Å². The summed E-state index contributed by atoms with van der Waals surface area (Å²) in [4.78, 5) is 3.97. The second-order valence-electron chi connectivity index (χ2n) is 4.12. The minimum Gasteiger partial charge on any atom is -0.318 e. The lowest BCUT2D eigenvalue weighted by molar-refractivity contribution is 0.781. The minimum atomic E-state index is 0.410. The van der Waals surface area contributed by atoms with E-state index in [2.05, 4.69) is 16.2 Å². The van der Waals surface area contributed by atoms with Gasteiger partial charge in [-0.25, -0.2) is 9.67 Å². The maximum absolute atomic E-state index is 8.91. The predicted molar refractivity (Wildman–Crippen MR) is 69.6 cm³/mol. The van der Waals surface area contributed by atoms with E-state index in [-0.39, 0.29) is 0 Å². The molecule has 0 unspecified atom stereocenters. The zero-order valence-corrected chi connectivity index (χ0v) is 10.1. The second-order valence-corrected chi connectivity index (χ2v) is 4.12. The Kier molecular flexibility index (Phi) is 2.83. The van der Waals surface area contributed by atoms with Crippen molar-refractivity contribution in [3.63, 3.8) is 0 Å². The van der Waals surface area contributed by atoms with Crippen LogP contribution in [-0.4, -0.2) is 19.3 Å². The average molecular weight is 249 g/mol. The maximum Gasteiger partial charge on any atom is 0.213 e. The maximum atomic E-state index is 8.91. The lowest BCUT2D eigenvalue weighted by Gasteiger charge is -2.01. The van der Waals surface area contributed by atoms with Crippen molar-refractivity contribution in [2.75, 3.05) is 0 Å². The Morgan fingerprint density at radius 2 is 2.05 bits per heavy atom. The topological polar surface area (TPSA) is 59.4 Å². The van der Waals surface area contributed by atoms with E-state index in [1.165, 1.54) is 0 Å². The van der Waals surface area contributed by atoms with Crippen LogP contribution in [0.5, 0.6) is 0 Å². The van der Waals surface area contributed by atoms with Crippen LogP contribution < -0.4 is 0 Å². The molecule has 0 spiro atoms. The van der Waals surface area contributed by atoms with Crippen molar-refractivity contribution in [1.82, 2.24) is 19.3 Å². The van der Waals surface area contributed by atoms with Crippen LogP contribution in [0.3, 0.4) is 0 Å². The molecule has 5 nitrogen and oxygen atoms in total. The number of para-hydroxylation sites is 1. The van der Waals surface area contributed by atoms with E-state index in [1.807, 2.05) is 41.2 Å². The number of aromatic nitrogens is 4. The lowest BCUT2D eigenvalue weighted by Crippen LogP contribution is -2.00. The molecule has 3 rings (SSSR count). The number of imidazole rings is 1. The van der Waals surface area contributed by atoms with Gasteiger partial charge < -0.3 is 4.57 Å². The summed E-state index contributed by atoms with van der Waals surface area (Å²) in [7, 11) is 0. The van der Waals surface area contributed by atoms with Crippen LogP contribution in [-0.2, 0) is 6.54 Å². The molecular formula is C14H11N5. The first-order valence-corrected chi connectivity index (χ1v) is 5.87. The number of hydrogen-bond acceptors (Lipinski definition) is 3. The highest BCUT2D eigenvalue weighted by atomic mass is 15.3. The van der Waals surface area contributed by atoms with Crippen molar-refractivity contribution in [2.24, 2.45) is 0 Å². The Hall–Kier alpha value is -2.87. The van der Waals surface area contributed by atoms with Crippen molar-refractivity contribution < 1.29 is 0 Å². The van der Waals surface area contributed by atoms with Gasteiger partial charge in [0.1, 0.15) is 6.07 Å². The molecule has 92 valence electrons. The predicted octanol–water partition coefficient (Wildman–Crippen LogP) is 1.99. The third-order valence-corrected chi connectivity index (χ3v) is 2.83. The van der Waals surface area contributed by atoms with Gasteiger partial charge in [-0.3, -0.25) is 0 Å². The van der Waals surface area contributed by atoms with Gasteiger partial charge in [0.2, 0.25) is 5.82 Å². The van der Waals surface area contributed by atoms with E-state index in [0.717, 1.165) is 11.3 Å². The number of hydrogen-bond donors (Lipinski definition) is 0. The molecule has 0 radical (unpaired) electrons. The third-order valence-electron chi connectivity index (χ3n) is 2.83. The molecule has 0 saturated carbocycles. The van der Waals surface area contributed by atoms with E-state index in [4.69, 9.17) is 5.26 Å². The lowest BCUT2D eigenvalue weighted by atomic mass is 10.3. The summed E-state index contributed by atoms with van der Waals surface area (Å²) in [6.45, 7) is 0.593. The first-order chi connectivity index (χ1) is 9.36. The van der Waals surface area contributed by atoms with Gasteiger partial charge in [0.05, 0.1) is 18.4 Å². The fourth-order valence-electron chi connectivity index (χ4n) is 1.91. The van der Waals surface area contributed by atoms with Crippen LogP contribution in [0.25, 0.3) is 5.69 Å². The Bertz CT molecular complexity index is 718. The first kappa shape index (κ1) is 11.2. The number of benzene rings is 1. The second kappa shape index (κ2) is 4.78. The van der Waals surface area contributed by atoms with Crippen molar-refractivity contribution in [2.45, 2.75) is 6.54 Å². The smallest absolute Gasteiger partial charge is 0.213 e. The van der Waals surface area contributed by atoms with E-state index >= 15 is 0 Å². The van der Waals surface area contributed by atoms with Crippen molar-refractivity contribution in [3.8, 4) is 11.8 Å². The monoisotopic (exact) mass is 249 g/mol. The average Bonchev–Trinajstić information content (AvgIpc) is 3.09. The molecule has 0 aliphatic rings. The third kappa shape index (κ3) is 2.24. The van der Waals surface area contributed by atoms with Crippen LogP contribution in [0.15, 0.2) is 55.1 Å². The molecule has 0 amide bonds. The molecule has 0 N–H and O–H groups in total. The molecule has 3 aromatic rings. The van der Waals surface area contributed by atoms with Crippen molar-refractivity contribution >= 4 is 0 Å². The SMILES string of the molecule is N#Cc1nccn1Cc1cnn(-c2ccccc2)c1. The van der Waals surface area contributed by atoms with Gasteiger partial charge in [0.25, 0.3) is 0 Å². The zero-order chi connectivity index (χ0) is 13.1. The van der Waals surface area contributed by atoms with E-state index in [0.29, 0.717) is 12.4 Å². The standard InChI is InChI=1S/C14H11N5/c15-8-14-16-6-7-18(14)10-12-9-17-19(11-12)13-4-2-1-3-5-13/h1-7,9,11H,10H2. The van der Waals surface area contributed by atoms with Gasteiger partial charge in [-0.05, 0) is 12.1 Å². The summed E-state index contributed by atoms with van der Waals surface area (Å²) in [5, 5.41) is 13.2. The van der Waals surface area contributed by atoms with Gasteiger partial charge in [-0.15, -0.1) is 0 Å². The Morgan fingerprint density at radius 1 is 1.21 bits per heavy atom. The molecule has 5 heteroatoms. The first-order valence-electron chi connectivity index (χ1n) is 5.87. The number of nitrogens with zero attached hydrogens (tertiary/aromatic N) is 5. The van der Waals surface area contributed by atoms with Crippen LogP contribution in [0, 0.1) is 11.3 Å². The van der Waals surface area contributed by atoms with E-state index in [9.17, 15) is 0 Å². The van der Waals surface area contributed by atoms with E-state index < -0.39 is 0 Å². The van der Waals surface area contributed by atoms with Crippen LogP contribution in [0.1, 0.15) is 11.4 Å². The van der Waals surface area contributed by atoms with Gasteiger partial charge in [-0.1, -0.05) is 18.2 Å². The molecule has 2 heterocycles. The van der Waals surface area contributed by atoms with Crippen molar-refractivity contribution in [3.05, 3.63) is 66.5 Å². The molecule has 0 aliphatic carbocycles. The Labute approximate surface area is 110 Å². The number of nitriles is 1. The fraction of sp³-hybridized carbons (Fsp3) is 0.0714. The highest BCUT2D eigenvalue weighted by molar-refractivity contribution is 5.31. The quantitative estimate of drug-likeness (QED) is 0.713.